The van der Waals surface area contributed by atoms with Gasteiger partial charge in [0, 0.05) is 0 Å². The topological polar surface area (TPSA) is 0 Å². The zero-order valence-electron chi connectivity index (χ0n) is 12.6. The minimum absolute atomic E-state index is 0.711. The molecule has 0 aliphatic carbocycles. The molecular weight excluding hydrogens is 192 g/mol. The van der Waals surface area contributed by atoms with Crippen molar-refractivity contribution in [3.05, 3.63) is 11.1 Å². The van der Waals surface area contributed by atoms with Crippen molar-refractivity contribution in [1.29, 1.82) is 0 Å². The Morgan fingerprint density at radius 2 is 1.50 bits per heavy atom. The van der Waals surface area contributed by atoms with E-state index in [2.05, 4.69) is 48.5 Å². The minimum Gasteiger partial charge on any atom is -0.0739 e. The van der Waals surface area contributed by atoms with Crippen molar-refractivity contribution in [2.45, 2.75) is 74.1 Å². The lowest BCUT2D eigenvalue weighted by Gasteiger charge is -2.19. The van der Waals surface area contributed by atoms with Crippen LogP contribution < -0.4 is 0 Å². The second-order valence-electron chi connectivity index (χ2n) is 6.07. The van der Waals surface area contributed by atoms with Crippen LogP contribution in [0.5, 0.6) is 0 Å². The fourth-order valence-electron chi connectivity index (χ4n) is 2.11. The van der Waals surface area contributed by atoms with Gasteiger partial charge in [0.1, 0.15) is 0 Å². The molecule has 96 valence electrons. The summed E-state index contributed by atoms with van der Waals surface area (Å²) in [6, 6.07) is 0. The average Bonchev–Trinajstić information content (AvgIpc) is 2.22. The van der Waals surface area contributed by atoms with Crippen molar-refractivity contribution in [2.75, 3.05) is 0 Å². The molecule has 0 aromatic carbocycles. The normalized spacial score (nSPS) is 15.6. The van der Waals surface area contributed by atoms with Crippen LogP contribution in [0.2, 0.25) is 0 Å². The number of hydrogen-bond donors (Lipinski definition) is 0. The Hall–Kier alpha value is -0.260. The van der Waals surface area contributed by atoms with Crippen LogP contribution >= 0.6 is 0 Å². The lowest BCUT2D eigenvalue weighted by atomic mass is 9.87. The van der Waals surface area contributed by atoms with Crippen LogP contribution in [0.25, 0.3) is 0 Å². The van der Waals surface area contributed by atoms with Crippen molar-refractivity contribution in [2.24, 2.45) is 17.8 Å². The highest BCUT2D eigenvalue weighted by Crippen LogP contribution is 2.26. The fourth-order valence-corrected chi connectivity index (χ4v) is 2.11. The van der Waals surface area contributed by atoms with Gasteiger partial charge in [-0.3, -0.25) is 0 Å². The third-order valence-electron chi connectivity index (χ3n) is 3.86. The van der Waals surface area contributed by atoms with E-state index in [0.717, 1.165) is 11.8 Å². The van der Waals surface area contributed by atoms with Crippen molar-refractivity contribution < 1.29 is 0 Å². The minimum atomic E-state index is 0.711. The Kier molecular flexibility index (Phi) is 7.80. The van der Waals surface area contributed by atoms with Crippen molar-refractivity contribution in [3.63, 3.8) is 0 Å². The third kappa shape index (κ3) is 6.35. The van der Waals surface area contributed by atoms with Gasteiger partial charge in [0.05, 0.1) is 0 Å². The van der Waals surface area contributed by atoms with E-state index >= 15 is 0 Å². The second kappa shape index (κ2) is 7.92. The lowest BCUT2D eigenvalue weighted by molar-refractivity contribution is 0.408. The van der Waals surface area contributed by atoms with E-state index in [1.807, 2.05) is 0 Å². The van der Waals surface area contributed by atoms with E-state index in [-0.39, 0.29) is 0 Å². The summed E-state index contributed by atoms with van der Waals surface area (Å²) < 4.78 is 0. The molecular formula is C16H32. The zero-order valence-corrected chi connectivity index (χ0v) is 12.6. The zero-order chi connectivity index (χ0) is 12.7. The van der Waals surface area contributed by atoms with Gasteiger partial charge < -0.3 is 0 Å². The van der Waals surface area contributed by atoms with Crippen LogP contribution in [0.15, 0.2) is 11.1 Å². The molecule has 16 heavy (non-hydrogen) atoms. The van der Waals surface area contributed by atoms with Gasteiger partial charge in [0.2, 0.25) is 0 Å². The quantitative estimate of drug-likeness (QED) is 0.477. The summed E-state index contributed by atoms with van der Waals surface area (Å²) in [5.74, 6) is 2.46. The SMILES string of the molecule is CCC(CCC(C)C)CC(C)=C(C)C(C)C. The maximum atomic E-state index is 2.34. The molecule has 0 heteroatoms. The predicted octanol–water partition coefficient (Wildman–Crippen LogP) is 5.83. The Bertz CT molecular complexity index is 208. The Morgan fingerprint density at radius 1 is 0.938 bits per heavy atom. The Morgan fingerprint density at radius 3 is 1.88 bits per heavy atom. The maximum absolute atomic E-state index is 2.34. The third-order valence-corrected chi connectivity index (χ3v) is 3.86. The van der Waals surface area contributed by atoms with Gasteiger partial charge in [-0.2, -0.15) is 0 Å². The lowest BCUT2D eigenvalue weighted by Crippen LogP contribution is -2.04. The molecule has 0 radical (unpaired) electrons. The van der Waals surface area contributed by atoms with Gasteiger partial charge in [0.25, 0.3) is 0 Å². The Balaban J connectivity index is 4.26. The van der Waals surface area contributed by atoms with Gasteiger partial charge in [-0.15, -0.1) is 0 Å². The van der Waals surface area contributed by atoms with Crippen molar-refractivity contribution >= 4 is 0 Å². The Labute approximate surface area is 104 Å². The van der Waals surface area contributed by atoms with E-state index in [1.54, 1.807) is 11.1 Å². The number of hydrogen-bond acceptors (Lipinski definition) is 0. The molecule has 0 N–H and O–H groups in total. The van der Waals surface area contributed by atoms with Crippen LogP contribution in [0.3, 0.4) is 0 Å². The maximum Gasteiger partial charge on any atom is -0.0260 e. The number of rotatable bonds is 7. The first-order valence-electron chi connectivity index (χ1n) is 7.04. The van der Waals surface area contributed by atoms with Crippen LogP contribution in [0, 0.1) is 17.8 Å². The van der Waals surface area contributed by atoms with Crippen molar-refractivity contribution in [3.8, 4) is 0 Å². The highest BCUT2D eigenvalue weighted by molar-refractivity contribution is 5.12. The van der Waals surface area contributed by atoms with Gasteiger partial charge >= 0.3 is 0 Å². The highest BCUT2D eigenvalue weighted by atomic mass is 14.2. The summed E-state index contributed by atoms with van der Waals surface area (Å²) in [6.07, 6.45) is 5.42. The first-order valence-corrected chi connectivity index (χ1v) is 7.04. The smallest absolute Gasteiger partial charge is 0.0260 e. The molecule has 0 saturated heterocycles. The molecule has 0 spiro atoms. The standard InChI is InChI=1S/C16H32/c1-8-16(10-9-12(2)3)11-14(6)15(7)13(4)5/h12-13,16H,8-11H2,1-7H3. The van der Waals surface area contributed by atoms with Crippen LogP contribution in [-0.4, -0.2) is 0 Å². The molecule has 1 atom stereocenters. The second-order valence-corrected chi connectivity index (χ2v) is 6.07. The first-order chi connectivity index (χ1) is 7.38. The van der Waals surface area contributed by atoms with E-state index < -0.39 is 0 Å². The summed E-state index contributed by atoms with van der Waals surface area (Å²) in [6.45, 7) is 16.2. The fraction of sp³-hybridized carbons (Fsp3) is 0.875. The average molecular weight is 224 g/mol. The number of allylic oxidation sites excluding steroid dienone is 2. The van der Waals surface area contributed by atoms with Gasteiger partial charge in [-0.25, -0.2) is 0 Å². The molecule has 0 bridgehead atoms. The molecule has 0 heterocycles. The van der Waals surface area contributed by atoms with E-state index in [9.17, 15) is 0 Å². The largest absolute Gasteiger partial charge is 0.0739 e. The van der Waals surface area contributed by atoms with Crippen LogP contribution in [-0.2, 0) is 0 Å². The monoisotopic (exact) mass is 224 g/mol. The molecule has 0 fully saturated rings. The predicted molar refractivity (Wildman–Crippen MR) is 75.7 cm³/mol. The summed E-state index contributed by atoms with van der Waals surface area (Å²) >= 11 is 0. The molecule has 0 rings (SSSR count). The van der Waals surface area contributed by atoms with Crippen LogP contribution in [0.1, 0.15) is 74.1 Å². The molecule has 0 aromatic heterocycles. The molecule has 0 aromatic rings. The molecule has 0 nitrogen and oxygen atoms in total. The van der Waals surface area contributed by atoms with E-state index in [0.29, 0.717) is 5.92 Å². The molecule has 0 aliphatic heterocycles. The molecule has 0 aliphatic rings. The molecule has 0 saturated carbocycles. The van der Waals surface area contributed by atoms with Gasteiger partial charge in [-0.05, 0) is 44.4 Å². The van der Waals surface area contributed by atoms with E-state index in [1.165, 1.54) is 25.7 Å². The van der Waals surface area contributed by atoms with Crippen molar-refractivity contribution in [1.82, 2.24) is 0 Å². The summed E-state index contributed by atoms with van der Waals surface area (Å²) in [4.78, 5) is 0. The molecule has 0 amide bonds. The van der Waals surface area contributed by atoms with E-state index in [4.69, 9.17) is 0 Å². The molecule has 1 unspecified atom stereocenters. The summed E-state index contributed by atoms with van der Waals surface area (Å²) in [5, 5.41) is 0. The van der Waals surface area contributed by atoms with Crippen LogP contribution in [0.4, 0.5) is 0 Å². The van der Waals surface area contributed by atoms with Gasteiger partial charge in [0.15, 0.2) is 0 Å². The first kappa shape index (κ1) is 15.7. The summed E-state index contributed by atoms with van der Waals surface area (Å²) in [5.41, 5.74) is 3.23. The summed E-state index contributed by atoms with van der Waals surface area (Å²) in [7, 11) is 0. The highest BCUT2D eigenvalue weighted by Gasteiger charge is 2.10. The van der Waals surface area contributed by atoms with Gasteiger partial charge in [-0.1, -0.05) is 58.6 Å².